The van der Waals surface area contributed by atoms with Crippen LogP contribution >= 0.6 is 0 Å². The fourth-order valence-electron chi connectivity index (χ4n) is 1.98. The highest BCUT2D eigenvalue weighted by Crippen LogP contribution is 2.16. The van der Waals surface area contributed by atoms with Crippen molar-refractivity contribution in [3.8, 4) is 0 Å². The van der Waals surface area contributed by atoms with Gasteiger partial charge in [-0.05, 0) is 31.0 Å². The number of nitrogens with zero attached hydrogens (tertiary/aromatic N) is 2. The summed E-state index contributed by atoms with van der Waals surface area (Å²) in [5, 5.41) is 14.0. The number of nitrogens with one attached hydrogen (secondary N) is 1. The van der Waals surface area contributed by atoms with Gasteiger partial charge < -0.3 is 21.2 Å². The van der Waals surface area contributed by atoms with E-state index in [0.29, 0.717) is 5.69 Å². The summed E-state index contributed by atoms with van der Waals surface area (Å²) >= 11 is 0. The number of carbonyl (C=O) groups is 1. The highest BCUT2D eigenvalue weighted by Gasteiger charge is 2.18. The molecular formula is C12H15FN4O2. The minimum atomic E-state index is -0.616. The number of benzene rings is 1. The molecule has 0 unspecified atom stereocenters. The molecule has 6 nitrogen and oxygen atoms in total. The molecule has 0 atom stereocenters. The van der Waals surface area contributed by atoms with Gasteiger partial charge in [0.15, 0.2) is 5.84 Å². The second-order valence-electron chi connectivity index (χ2n) is 4.30. The fraction of sp³-hybridized carbons (Fsp3) is 0.333. The van der Waals surface area contributed by atoms with Crippen LogP contribution in [0.25, 0.3) is 0 Å². The first-order valence-electron chi connectivity index (χ1n) is 5.95. The van der Waals surface area contributed by atoms with Crippen molar-refractivity contribution in [3.63, 3.8) is 0 Å². The van der Waals surface area contributed by atoms with E-state index >= 15 is 0 Å². The molecule has 4 N–H and O–H groups in total. The third kappa shape index (κ3) is 2.93. The largest absolute Gasteiger partial charge is 0.409 e. The van der Waals surface area contributed by atoms with Gasteiger partial charge in [-0.2, -0.15) is 0 Å². The summed E-state index contributed by atoms with van der Waals surface area (Å²) in [5.41, 5.74) is 5.70. The Labute approximate surface area is 109 Å². The second-order valence-corrected chi connectivity index (χ2v) is 4.30. The molecule has 0 spiro atoms. The molecule has 102 valence electrons. The molecule has 1 heterocycles. The Morgan fingerprint density at radius 3 is 2.74 bits per heavy atom. The van der Waals surface area contributed by atoms with Gasteiger partial charge >= 0.3 is 6.03 Å². The van der Waals surface area contributed by atoms with Crippen molar-refractivity contribution in [2.45, 2.75) is 12.8 Å². The average molecular weight is 266 g/mol. The van der Waals surface area contributed by atoms with Gasteiger partial charge in [-0.1, -0.05) is 5.16 Å². The minimum absolute atomic E-state index is 0.0540. The van der Waals surface area contributed by atoms with Gasteiger partial charge in [0.25, 0.3) is 0 Å². The Hall–Kier alpha value is -2.31. The summed E-state index contributed by atoms with van der Waals surface area (Å²) in [4.78, 5) is 13.5. The minimum Gasteiger partial charge on any atom is -0.409 e. The predicted molar refractivity (Wildman–Crippen MR) is 68.7 cm³/mol. The average Bonchev–Trinajstić information content (AvgIpc) is 2.94. The molecule has 7 heteroatoms. The Kier molecular flexibility index (Phi) is 3.84. The van der Waals surface area contributed by atoms with E-state index in [2.05, 4.69) is 10.5 Å². The van der Waals surface area contributed by atoms with Crippen LogP contribution in [0.5, 0.6) is 0 Å². The van der Waals surface area contributed by atoms with Crippen molar-refractivity contribution in [2.24, 2.45) is 10.9 Å². The zero-order chi connectivity index (χ0) is 13.8. The Balaban J connectivity index is 2.14. The van der Waals surface area contributed by atoms with E-state index in [1.54, 1.807) is 4.90 Å². The van der Waals surface area contributed by atoms with E-state index in [9.17, 15) is 9.18 Å². The Morgan fingerprint density at radius 2 is 2.11 bits per heavy atom. The first-order valence-corrected chi connectivity index (χ1v) is 5.95. The first kappa shape index (κ1) is 13.1. The molecule has 1 fully saturated rings. The van der Waals surface area contributed by atoms with Crippen molar-refractivity contribution in [1.82, 2.24) is 4.90 Å². The van der Waals surface area contributed by atoms with E-state index < -0.39 is 5.82 Å². The fourth-order valence-corrected chi connectivity index (χ4v) is 1.98. The van der Waals surface area contributed by atoms with Crippen molar-refractivity contribution in [2.75, 3.05) is 18.4 Å². The molecular weight excluding hydrogens is 251 g/mol. The number of likely N-dealkylation sites (tertiary alicyclic amines) is 1. The van der Waals surface area contributed by atoms with Gasteiger partial charge in [-0.3, -0.25) is 0 Å². The number of nitrogens with two attached hydrogens (primary N) is 1. The van der Waals surface area contributed by atoms with Crippen molar-refractivity contribution < 1.29 is 14.4 Å². The van der Waals surface area contributed by atoms with E-state index in [-0.39, 0.29) is 17.4 Å². The highest BCUT2D eigenvalue weighted by atomic mass is 19.1. The smallest absolute Gasteiger partial charge is 0.321 e. The van der Waals surface area contributed by atoms with E-state index in [1.807, 2.05) is 0 Å². The van der Waals surface area contributed by atoms with Gasteiger partial charge in [0.1, 0.15) is 5.82 Å². The van der Waals surface area contributed by atoms with Gasteiger partial charge in [-0.25, -0.2) is 9.18 Å². The van der Waals surface area contributed by atoms with E-state index in [4.69, 9.17) is 10.9 Å². The molecule has 0 aliphatic carbocycles. The maximum absolute atomic E-state index is 13.5. The number of oxime groups is 1. The van der Waals surface area contributed by atoms with Crippen LogP contribution in [0.3, 0.4) is 0 Å². The highest BCUT2D eigenvalue weighted by molar-refractivity contribution is 5.99. The van der Waals surface area contributed by atoms with Gasteiger partial charge in [0.05, 0.1) is 5.56 Å². The number of hydrogen-bond acceptors (Lipinski definition) is 3. The number of hydrogen-bond donors (Lipinski definition) is 3. The number of urea groups is 1. The lowest BCUT2D eigenvalue weighted by atomic mass is 10.1. The van der Waals surface area contributed by atoms with Crippen LogP contribution in [0.15, 0.2) is 23.4 Å². The maximum atomic E-state index is 13.5. The Morgan fingerprint density at radius 1 is 1.42 bits per heavy atom. The van der Waals surface area contributed by atoms with Crippen molar-refractivity contribution in [3.05, 3.63) is 29.6 Å². The first-order chi connectivity index (χ1) is 9.11. The second kappa shape index (κ2) is 5.55. The molecule has 0 bridgehead atoms. The Bertz CT molecular complexity index is 512. The lowest BCUT2D eigenvalue weighted by Gasteiger charge is -2.16. The summed E-state index contributed by atoms with van der Waals surface area (Å²) in [5.74, 6) is -0.954. The molecule has 0 saturated carbocycles. The summed E-state index contributed by atoms with van der Waals surface area (Å²) in [6.07, 6.45) is 1.98. The predicted octanol–water partition coefficient (Wildman–Crippen LogP) is 1.55. The maximum Gasteiger partial charge on any atom is 0.321 e. The van der Waals surface area contributed by atoms with Crippen LogP contribution < -0.4 is 11.1 Å². The SMILES string of the molecule is NC(=NO)c1cc(NC(=O)N2CCCC2)ccc1F. The molecule has 1 aliphatic rings. The van der Waals surface area contributed by atoms with Crippen LogP contribution in [-0.2, 0) is 0 Å². The molecule has 2 amide bonds. The monoisotopic (exact) mass is 266 g/mol. The molecule has 0 aromatic heterocycles. The van der Waals surface area contributed by atoms with E-state index in [1.165, 1.54) is 12.1 Å². The van der Waals surface area contributed by atoms with Gasteiger partial charge in [-0.15, -0.1) is 0 Å². The molecule has 19 heavy (non-hydrogen) atoms. The number of amides is 2. The summed E-state index contributed by atoms with van der Waals surface area (Å²) < 4.78 is 13.5. The zero-order valence-corrected chi connectivity index (χ0v) is 10.3. The number of halogens is 1. The number of amidine groups is 1. The van der Waals surface area contributed by atoms with Crippen LogP contribution in [0, 0.1) is 5.82 Å². The van der Waals surface area contributed by atoms with Crippen molar-refractivity contribution in [1.29, 1.82) is 0 Å². The van der Waals surface area contributed by atoms with Crippen LogP contribution in [0.1, 0.15) is 18.4 Å². The molecule has 0 radical (unpaired) electrons. The van der Waals surface area contributed by atoms with E-state index in [0.717, 1.165) is 32.0 Å². The molecule has 1 aromatic rings. The number of rotatable bonds is 2. The molecule has 1 aliphatic heterocycles. The van der Waals surface area contributed by atoms with Crippen LogP contribution in [0.2, 0.25) is 0 Å². The third-order valence-corrected chi connectivity index (χ3v) is 2.99. The van der Waals surface area contributed by atoms with Gasteiger partial charge in [0.2, 0.25) is 0 Å². The summed E-state index contributed by atoms with van der Waals surface area (Å²) in [6, 6.07) is 3.69. The molecule has 1 aromatic carbocycles. The third-order valence-electron chi connectivity index (χ3n) is 2.99. The van der Waals surface area contributed by atoms with Crippen LogP contribution in [-0.4, -0.2) is 35.1 Å². The van der Waals surface area contributed by atoms with Crippen molar-refractivity contribution >= 4 is 17.6 Å². The van der Waals surface area contributed by atoms with Gasteiger partial charge in [0, 0.05) is 18.8 Å². The van der Waals surface area contributed by atoms with Crippen LogP contribution in [0.4, 0.5) is 14.9 Å². The standard InChI is InChI=1S/C12H15FN4O2/c13-10-4-3-8(7-9(10)11(14)16-19)15-12(18)17-5-1-2-6-17/h3-4,7,19H,1-2,5-6H2,(H2,14,16)(H,15,18). The molecule has 1 saturated heterocycles. The summed E-state index contributed by atoms with van der Waals surface area (Å²) in [7, 11) is 0. The normalized spacial score (nSPS) is 15.6. The zero-order valence-electron chi connectivity index (χ0n) is 10.3. The number of anilines is 1. The lowest BCUT2D eigenvalue weighted by molar-refractivity contribution is 0.222. The summed E-state index contributed by atoms with van der Waals surface area (Å²) in [6.45, 7) is 1.44. The quantitative estimate of drug-likeness (QED) is 0.328. The lowest BCUT2D eigenvalue weighted by Crippen LogP contribution is -2.32. The molecule has 2 rings (SSSR count). The number of carbonyl (C=O) groups excluding carboxylic acids is 1. The topological polar surface area (TPSA) is 91.0 Å².